The Morgan fingerprint density at radius 2 is 2.50 bits per heavy atom. The van der Waals surface area contributed by atoms with E-state index in [-0.39, 0.29) is 6.04 Å². The number of aryl methyl sites for hydroxylation is 1. The molecule has 3 heteroatoms. The van der Waals surface area contributed by atoms with Gasteiger partial charge in [-0.15, -0.1) is 0 Å². The molecule has 1 atom stereocenters. The second-order valence-electron chi connectivity index (χ2n) is 2.36. The lowest BCUT2D eigenvalue weighted by Gasteiger charge is -2.06. The first-order chi connectivity index (χ1) is 4.75. The van der Waals surface area contributed by atoms with Crippen LogP contribution in [0.25, 0.3) is 0 Å². The van der Waals surface area contributed by atoms with Crippen LogP contribution in [0.5, 0.6) is 0 Å². The Morgan fingerprint density at radius 3 is 2.90 bits per heavy atom. The summed E-state index contributed by atoms with van der Waals surface area (Å²) in [5.41, 5.74) is 6.77. The molecule has 0 spiro atoms. The molecule has 1 rings (SSSR count). The highest BCUT2D eigenvalue weighted by atomic mass is 15.3. The highest BCUT2D eigenvalue weighted by Gasteiger charge is 2.03. The van der Waals surface area contributed by atoms with Crippen molar-refractivity contribution in [1.82, 2.24) is 9.78 Å². The molecule has 0 fully saturated rings. The van der Waals surface area contributed by atoms with Crippen LogP contribution >= 0.6 is 0 Å². The average molecular weight is 139 g/mol. The maximum absolute atomic E-state index is 5.67. The van der Waals surface area contributed by atoms with Gasteiger partial charge in [0.25, 0.3) is 0 Å². The first-order valence-corrected chi connectivity index (χ1v) is 3.53. The van der Waals surface area contributed by atoms with Gasteiger partial charge in [0.1, 0.15) is 0 Å². The van der Waals surface area contributed by atoms with E-state index in [0.29, 0.717) is 0 Å². The van der Waals surface area contributed by atoms with E-state index >= 15 is 0 Å². The second kappa shape index (κ2) is 2.84. The molecule has 0 aliphatic carbocycles. The molecule has 0 bridgehead atoms. The molecule has 0 radical (unpaired) electrons. The second-order valence-corrected chi connectivity index (χ2v) is 2.36. The number of rotatable bonds is 2. The Hall–Kier alpha value is -0.830. The molecule has 10 heavy (non-hydrogen) atoms. The zero-order valence-corrected chi connectivity index (χ0v) is 6.41. The third-order valence-electron chi connectivity index (χ3n) is 1.52. The normalized spacial score (nSPS) is 13.5. The van der Waals surface area contributed by atoms with Crippen molar-refractivity contribution >= 4 is 0 Å². The lowest BCUT2D eigenvalue weighted by molar-refractivity contribution is 0.590. The molecule has 56 valence electrons. The van der Waals surface area contributed by atoms with Crippen LogP contribution in [-0.2, 0) is 6.54 Å². The van der Waals surface area contributed by atoms with E-state index in [1.165, 1.54) is 0 Å². The Morgan fingerprint density at radius 1 is 1.80 bits per heavy atom. The number of nitrogens with two attached hydrogens (primary N) is 1. The van der Waals surface area contributed by atoms with Crippen molar-refractivity contribution in [3.05, 3.63) is 18.0 Å². The standard InChI is InChI=1S/C7H13N3/c1-3-10-7(6(2)8)4-5-9-10/h4-6H,3,8H2,1-2H3/t6-/m0/s1. The van der Waals surface area contributed by atoms with Crippen molar-refractivity contribution in [3.63, 3.8) is 0 Å². The monoisotopic (exact) mass is 139 g/mol. The van der Waals surface area contributed by atoms with E-state index in [0.717, 1.165) is 12.2 Å². The summed E-state index contributed by atoms with van der Waals surface area (Å²) >= 11 is 0. The summed E-state index contributed by atoms with van der Waals surface area (Å²) < 4.78 is 1.91. The topological polar surface area (TPSA) is 43.8 Å². The van der Waals surface area contributed by atoms with Crippen molar-refractivity contribution in [3.8, 4) is 0 Å². The minimum absolute atomic E-state index is 0.0856. The summed E-state index contributed by atoms with van der Waals surface area (Å²) in [4.78, 5) is 0. The molecule has 0 saturated carbocycles. The van der Waals surface area contributed by atoms with Crippen molar-refractivity contribution < 1.29 is 0 Å². The van der Waals surface area contributed by atoms with Gasteiger partial charge in [-0.1, -0.05) is 0 Å². The lowest BCUT2D eigenvalue weighted by atomic mass is 10.2. The van der Waals surface area contributed by atoms with Gasteiger partial charge in [0, 0.05) is 18.8 Å². The third kappa shape index (κ3) is 1.19. The molecule has 1 heterocycles. The van der Waals surface area contributed by atoms with Crippen molar-refractivity contribution in [1.29, 1.82) is 0 Å². The first kappa shape index (κ1) is 7.28. The first-order valence-electron chi connectivity index (χ1n) is 3.53. The van der Waals surface area contributed by atoms with Gasteiger partial charge >= 0.3 is 0 Å². The van der Waals surface area contributed by atoms with Gasteiger partial charge in [-0.3, -0.25) is 4.68 Å². The van der Waals surface area contributed by atoms with E-state index in [2.05, 4.69) is 12.0 Å². The number of nitrogens with zero attached hydrogens (tertiary/aromatic N) is 2. The van der Waals surface area contributed by atoms with Crippen molar-refractivity contribution in [2.75, 3.05) is 0 Å². The van der Waals surface area contributed by atoms with Gasteiger partial charge in [-0.05, 0) is 19.9 Å². The van der Waals surface area contributed by atoms with Crippen LogP contribution < -0.4 is 5.73 Å². The number of hydrogen-bond donors (Lipinski definition) is 1. The zero-order valence-electron chi connectivity index (χ0n) is 6.41. The largest absolute Gasteiger partial charge is 0.323 e. The van der Waals surface area contributed by atoms with E-state index in [1.54, 1.807) is 6.20 Å². The molecule has 0 aliphatic heterocycles. The molecule has 2 N–H and O–H groups in total. The molecule has 3 nitrogen and oxygen atoms in total. The van der Waals surface area contributed by atoms with Crippen LogP contribution in [0.2, 0.25) is 0 Å². The predicted molar refractivity (Wildman–Crippen MR) is 40.5 cm³/mol. The molecule has 0 unspecified atom stereocenters. The summed E-state index contributed by atoms with van der Waals surface area (Å²) in [7, 11) is 0. The highest BCUT2D eigenvalue weighted by molar-refractivity contribution is 5.04. The van der Waals surface area contributed by atoms with E-state index in [1.807, 2.05) is 17.7 Å². The minimum Gasteiger partial charge on any atom is -0.323 e. The van der Waals surface area contributed by atoms with Crippen LogP contribution in [0.1, 0.15) is 25.6 Å². The summed E-state index contributed by atoms with van der Waals surface area (Å²) in [6.07, 6.45) is 1.78. The Labute approximate surface area is 60.8 Å². The van der Waals surface area contributed by atoms with E-state index in [4.69, 9.17) is 5.73 Å². The van der Waals surface area contributed by atoms with Gasteiger partial charge in [0.05, 0.1) is 5.69 Å². The fourth-order valence-electron chi connectivity index (χ4n) is 0.994. The lowest BCUT2D eigenvalue weighted by Crippen LogP contribution is -2.12. The van der Waals surface area contributed by atoms with Crippen LogP contribution in [0.3, 0.4) is 0 Å². The third-order valence-corrected chi connectivity index (χ3v) is 1.52. The summed E-state index contributed by atoms with van der Waals surface area (Å²) in [6.45, 7) is 4.91. The van der Waals surface area contributed by atoms with Gasteiger partial charge in [-0.25, -0.2) is 0 Å². The van der Waals surface area contributed by atoms with Crippen molar-refractivity contribution in [2.24, 2.45) is 5.73 Å². The van der Waals surface area contributed by atoms with Gasteiger partial charge < -0.3 is 5.73 Å². The van der Waals surface area contributed by atoms with Gasteiger partial charge in [-0.2, -0.15) is 5.10 Å². The molecule has 1 aromatic rings. The van der Waals surface area contributed by atoms with Crippen LogP contribution in [0.15, 0.2) is 12.3 Å². The van der Waals surface area contributed by atoms with Crippen LogP contribution in [0.4, 0.5) is 0 Å². The van der Waals surface area contributed by atoms with E-state index in [9.17, 15) is 0 Å². The molecular weight excluding hydrogens is 126 g/mol. The molecule has 0 saturated heterocycles. The smallest absolute Gasteiger partial charge is 0.0548 e. The number of aromatic nitrogens is 2. The zero-order chi connectivity index (χ0) is 7.56. The van der Waals surface area contributed by atoms with Gasteiger partial charge in [0.15, 0.2) is 0 Å². The van der Waals surface area contributed by atoms with Crippen molar-refractivity contribution in [2.45, 2.75) is 26.4 Å². The summed E-state index contributed by atoms with van der Waals surface area (Å²) in [5, 5.41) is 4.09. The summed E-state index contributed by atoms with van der Waals surface area (Å²) in [6, 6.07) is 2.04. The average Bonchev–Trinajstić information content (AvgIpc) is 2.33. The Bertz CT molecular complexity index is 202. The van der Waals surface area contributed by atoms with E-state index < -0.39 is 0 Å². The molecule has 0 aliphatic rings. The van der Waals surface area contributed by atoms with Crippen LogP contribution in [-0.4, -0.2) is 9.78 Å². The number of hydrogen-bond acceptors (Lipinski definition) is 2. The molecule has 1 aromatic heterocycles. The molecule has 0 aromatic carbocycles. The molecule has 0 amide bonds. The fourth-order valence-corrected chi connectivity index (χ4v) is 0.994. The fraction of sp³-hybridized carbons (Fsp3) is 0.571. The summed E-state index contributed by atoms with van der Waals surface area (Å²) in [5.74, 6) is 0. The van der Waals surface area contributed by atoms with Gasteiger partial charge in [0.2, 0.25) is 0 Å². The van der Waals surface area contributed by atoms with Crippen LogP contribution in [0, 0.1) is 0 Å². The Balaban J connectivity index is 2.90. The maximum atomic E-state index is 5.67. The predicted octanol–water partition coefficient (Wildman–Crippen LogP) is 0.923. The maximum Gasteiger partial charge on any atom is 0.0548 e. The Kier molecular flexibility index (Phi) is 2.06. The highest BCUT2D eigenvalue weighted by Crippen LogP contribution is 2.07. The molecular formula is C7H13N3. The quantitative estimate of drug-likeness (QED) is 0.662. The minimum atomic E-state index is 0.0856. The SMILES string of the molecule is CCn1nccc1[C@H](C)N.